The van der Waals surface area contributed by atoms with Crippen molar-refractivity contribution in [2.75, 3.05) is 13.2 Å². The van der Waals surface area contributed by atoms with Gasteiger partial charge >= 0.3 is 17.9 Å². The van der Waals surface area contributed by atoms with Gasteiger partial charge in [0.1, 0.15) is 10.1 Å². The van der Waals surface area contributed by atoms with Crippen molar-refractivity contribution in [1.29, 1.82) is 0 Å². The summed E-state index contributed by atoms with van der Waals surface area (Å²) >= 11 is 0. The largest absolute Gasteiger partial charge is 0.480 e. The first-order valence-corrected chi connectivity index (χ1v) is 12.3. The average molecular weight is 501 g/mol. The highest BCUT2D eigenvalue weighted by atomic mass is 32.2. The van der Waals surface area contributed by atoms with Crippen molar-refractivity contribution in [3.8, 4) is 0 Å². The molecule has 0 radical (unpaired) electrons. The maximum atomic E-state index is 13.2. The van der Waals surface area contributed by atoms with E-state index in [2.05, 4.69) is 10.3 Å². The minimum absolute atomic E-state index is 0.00215. The number of sulfone groups is 1. The van der Waals surface area contributed by atoms with E-state index < -0.39 is 67.7 Å². The summed E-state index contributed by atoms with van der Waals surface area (Å²) in [5.74, 6) is -4.09. The topological polar surface area (TPSA) is 175 Å². The lowest BCUT2D eigenvalue weighted by Gasteiger charge is -2.35. The number of aliphatic carboxylic acids is 1. The molecule has 0 unspecified atom stereocenters. The van der Waals surface area contributed by atoms with Crippen LogP contribution in [0.4, 0.5) is 0 Å². The summed E-state index contributed by atoms with van der Waals surface area (Å²) < 4.78 is 35.6. The number of fused-ring (bicyclic) bond motifs is 1. The molecule has 14 heteroatoms. The van der Waals surface area contributed by atoms with Gasteiger partial charge in [0.25, 0.3) is 0 Å². The van der Waals surface area contributed by atoms with Gasteiger partial charge in [0.05, 0.1) is 26.2 Å². The van der Waals surface area contributed by atoms with E-state index in [-0.39, 0.29) is 31.5 Å². The molecule has 13 nitrogen and oxygen atoms in total. The van der Waals surface area contributed by atoms with E-state index in [1.165, 1.54) is 6.92 Å². The molecule has 1 aromatic rings. The van der Waals surface area contributed by atoms with Gasteiger partial charge in [-0.3, -0.25) is 4.79 Å². The zero-order valence-corrected chi connectivity index (χ0v) is 20.4. The molecule has 1 amide bonds. The first kappa shape index (κ1) is 25.6. The monoisotopic (exact) mass is 500 g/mol. The lowest BCUT2D eigenvalue weighted by molar-refractivity contribution is -0.157. The van der Waals surface area contributed by atoms with Crippen LogP contribution in [-0.2, 0) is 35.4 Å². The molecule has 2 aliphatic heterocycles. The van der Waals surface area contributed by atoms with Crippen molar-refractivity contribution >= 4 is 33.7 Å². The first-order valence-electron chi connectivity index (χ1n) is 10.8. The first-order chi connectivity index (χ1) is 15.7. The van der Waals surface area contributed by atoms with E-state index in [9.17, 15) is 32.7 Å². The third-order valence-corrected chi connectivity index (χ3v) is 8.49. The predicted molar refractivity (Wildman–Crippen MR) is 114 cm³/mol. The maximum absolute atomic E-state index is 13.2. The van der Waals surface area contributed by atoms with Gasteiger partial charge in [0, 0.05) is 0 Å². The zero-order chi connectivity index (χ0) is 25.6. The number of rotatable bonds is 9. The predicted octanol–water partition coefficient (Wildman–Crippen LogP) is 0.102. The van der Waals surface area contributed by atoms with Crippen LogP contribution in [0, 0.1) is 11.8 Å². The van der Waals surface area contributed by atoms with Crippen molar-refractivity contribution in [2.45, 2.75) is 63.7 Å². The van der Waals surface area contributed by atoms with Gasteiger partial charge in [-0.05, 0) is 18.8 Å². The number of esters is 2. The Morgan fingerprint density at radius 2 is 1.68 bits per heavy atom. The molecule has 0 aliphatic carbocycles. The minimum Gasteiger partial charge on any atom is -0.480 e. The summed E-state index contributed by atoms with van der Waals surface area (Å²) in [4.78, 5) is 50.3. The summed E-state index contributed by atoms with van der Waals surface area (Å²) in [5, 5.41) is 16.0. The van der Waals surface area contributed by atoms with E-state index in [1.807, 2.05) is 13.8 Å². The Balaban J connectivity index is 2.04. The van der Waals surface area contributed by atoms with Crippen LogP contribution in [-0.4, -0.2) is 86.6 Å². The van der Waals surface area contributed by atoms with Gasteiger partial charge in [-0.2, -0.15) is 0 Å². The highest BCUT2D eigenvalue weighted by Crippen LogP contribution is 2.47. The Kier molecular flexibility index (Phi) is 6.75. The minimum atomic E-state index is -4.19. The third kappa shape index (κ3) is 4.14. The number of carboxylic acid groups (broad SMARTS) is 1. The number of amides is 1. The van der Waals surface area contributed by atoms with Crippen LogP contribution in [0.3, 0.4) is 0 Å². The lowest BCUT2D eigenvalue weighted by Crippen LogP contribution is -2.58. The van der Waals surface area contributed by atoms with Gasteiger partial charge in [0.2, 0.25) is 11.6 Å². The smallest absolute Gasteiger partial charge is 0.361 e. The van der Waals surface area contributed by atoms with Gasteiger partial charge in [-0.25, -0.2) is 27.5 Å². The summed E-state index contributed by atoms with van der Waals surface area (Å²) in [5.41, 5.74) is -0.921. The van der Waals surface area contributed by atoms with Gasteiger partial charge in [-0.1, -0.05) is 32.9 Å². The van der Waals surface area contributed by atoms with Gasteiger partial charge in [-0.15, -0.1) is 5.10 Å². The Labute approximate surface area is 196 Å². The molecule has 34 heavy (non-hydrogen) atoms. The molecule has 1 aromatic heterocycles. The number of nitrogens with zero attached hydrogens (tertiary/aromatic N) is 4. The second-order valence-corrected chi connectivity index (χ2v) is 12.1. The van der Waals surface area contributed by atoms with Crippen LogP contribution < -0.4 is 0 Å². The Morgan fingerprint density at radius 3 is 2.18 bits per heavy atom. The van der Waals surface area contributed by atoms with Gasteiger partial charge < -0.3 is 19.5 Å². The molecule has 0 bridgehead atoms. The second kappa shape index (κ2) is 8.96. The van der Waals surface area contributed by atoms with Crippen molar-refractivity contribution in [1.82, 2.24) is 19.9 Å². The molecule has 188 valence electrons. The van der Waals surface area contributed by atoms with E-state index in [0.29, 0.717) is 0 Å². The molecular formula is C20H28N4O9S. The fraction of sp³-hybridized carbons (Fsp3) is 0.700. The highest BCUT2D eigenvalue weighted by molar-refractivity contribution is 7.93. The maximum Gasteiger partial charge on any atom is 0.361 e. The Hall–Kier alpha value is -3.03. The number of hydrogen-bond acceptors (Lipinski definition) is 10. The van der Waals surface area contributed by atoms with Crippen LogP contribution in [0.15, 0.2) is 0 Å². The quantitative estimate of drug-likeness (QED) is 0.359. The normalized spacial score (nSPS) is 25.3. The van der Waals surface area contributed by atoms with Crippen molar-refractivity contribution < 1.29 is 42.2 Å². The number of hydrogen-bond donors (Lipinski definition) is 1. The molecule has 3 atom stereocenters. The summed E-state index contributed by atoms with van der Waals surface area (Å²) in [6.45, 7) is 7.78. The third-order valence-electron chi connectivity index (χ3n) is 5.73. The summed E-state index contributed by atoms with van der Waals surface area (Å²) in [6, 6.07) is -1.70. The number of β-lactam (4-membered cyclic amide) rings is 1. The number of carbonyl (C=O) groups is 4. The number of aromatic nitrogens is 3. The van der Waals surface area contributed by atoms with Gasteiger partial charge in [0.15, 0.2) is 21.6 Å². The van der Waals surface area contributed by atoms with Crippen molar-refractivity contribution in [3.05, 3.63) is 11.4 Å². The summed E-state index contributed by atoms with van der Waals surface area (Å²) in [7, 11) is -4.19. The lowest BCUT2D eigenvalue weighted by atomic mass is 9.96. The molecule has 0 spiro atoms. The molecular weight excluding hydrogens is 472 g/mol. The van der Waals surface area contributed by atoms with E-state index in [4.69, 9.17) is 9.47 Å². The molecule has 1 N–H and O–H groups in total. The zero-order valence-electron chi connectivity index (χ0n) is 19.5. The molecule has 0 saturated carbocycles. The van der Waals surface area contributed by atoms with Crippen LogP contribution in [0.5, 0.6) is 0 Å². The van der Waals surface area contributed by atoms with Crippen LogP contribution in [0.25, 0.3) is 0 Å². The van der Waals surface area contributed by atoms with Crippen LogP contribution in [0.1, 0.15) is 62.0 Å². The molecule has 2 fully saturated rings. The number of carboxylic acids is 1. The van der Waals surface area contributed by atoms with E-state index >= 15 is 0 Å². The van der Waals surface area contributed by atoms with Crippen LogP contribution >= 0.6 is 0 Å². The Morgan fingerprint density at radius 1 is 1.12 bits per heavy atom. The van der Waals surface area contributed by atoms with Crippen molar-refractivity contribution in [3.63, 3.8) is 0 Å². The van der Waals surface area contributed by atoms with E-state index in [0.717, 1.165) is 9.58 Å². The second-order valence-electron chi connectivity index (χ2n) is 9.49. The standard InChI is InChI=1S/C20H28N4O9S/c1-10(2)7-32-18(28)14-15(19(29)33-8-11(3)4)23(22-21-14)9-20(5)16(17(26)27)24-12(25)6-13(24)34(20,30)31/h10-11,13,16H,6-9H2,1-5H3,(H,26,27)/t13-,16-,20-/m0/s1. The van der Waals surface area contributed by atoms with Crippen LogP contribution in [0.2, 0.25) is 0 Å². The Bertz CT molecular complexity index is 1130. The molecule has 2 aliphatic rings. The van der Waals surface area contributed by atoms with E-state index in [1.54, 1.807) is 13.8 Å². The summed E-state index contributed by atoms with van der Waals surface area (Å²) in [6.07, 6.45) is -0.324. The highest BCUT2D eigenvalue weighted by Gasteiger charge is 2.70. The SMILES string of the molecule is CC(C)COC(=O)c1nnn(C[C@@]2(C)[C@H](C(=O)O)N3C(=O)C[C@@H]3S2(=O)=O)c1C(=O)OCC(C)C. The number of carbonyl (C=O) groups excluding carboxylic acids is 3. The molecule has 0 aromatic carbocycles. The fourth-order valence-electron chi connectivity index (χ4n) is 3.97. The van der Waals surface area contributed by atoms with Crippen molar-refractivity contribution in [2.24, 2.45) is 11.8 Å². The molecule has 3 heterocycles. The molecule has 3 rings (SSSR count). The average Bonchev–Trinajstić information content (AvgIpc) is 3.19. The fourth-order valence-corrected chi connectivity index (χ4v) is 6.32. The number of ether oxygens (including phenoxy) is 2. The molecule has 2 saturated heterocycles.